The number of aliphatic hydroxyl groups is 1. The molecular formula is C15H26N4O. The summed E-state index contributed by atoms with van der Waals surface area (Å²) in [6.45, 7) is 9.15. The molecule has 2 rings (SSSR count). The Morgan fingerprint density at radius 2 is 2.00 bits per heavy atom. The summed E-state index contributed by atoms with van der Waals surface area (Å²) in [5.74, 6) is 3.29. The van der Waals surface area contributed by atoms with Gasteiger partial charge in [-0.1, -0.05) is 0 Å². The number of anilines is 2. The molecule has 1 heterocycles. The van der Waals surface area contributed by atoms with E-state index in [1.807, 2.05) is 27.8 Å². The third-order valence-electron chi connectivity index (χ3n) is 3.58. The van der Waals surface area contributed by atoms with Crippen molar-refractivity contribution < 1.29 is 5.11 Å². The summed E-state index contributed by atoms with van der Waals surface area (Å²) in [5.41, 5.74) is 0.301. The van der Waals surface area contributed by atoms with Crippen LogP contribution in [0.1, 0.15) is 50.9 Å². The smallest absolute Gasteiger partial charge is 0.137 e. The van der Waals surface area contributed by atoms with Crippen molar-refractivity contribution in [1.82, 2.24) is 9.97 Å². The van der Waals surface area contributed by atoms with E-state index in [1.54, 1.807) is 0 Å². The number of hydrogen-bond donors (Lipinski definition) is 2. The zero-order valence-electron chi connectivity index (χ0n) is 13.2. The van der Waals surface area contributed by atoms with Crippen LogP contribution >= 0.6 is 0 Å². The van der Waals surface area contributed by atoms with Gasteiger partial charge in [-0.05, 0) is 40.5 Å². The van der Waals surface area contributed by atoms with Crippen LogP contribution in [0.2, 0.25) is 0 Å². The molecule has 5 nitrogen and oxygen atoms in total. The Morgan fingerprint density at radius 1 is 1.35 bits per heavy atom. The molecule has 1 fully saturated rings. The summed E-state index contributed by atoms with van der Waals surface area (Å²) in [6.07, 6.45) is 2.37. The van der Waals surface area contributed by atoms with Crippen LogP contribution in [0.15, 0.2) is 0 Å². The molecule has 0 amide bonds. The van der Waals surface area contributed by atoms with E-state index in [-0.39, 0.29) is 0 Å². The van der Waals surface area contributed by atoms with E-state index in [0.717, 1.165) is 29.6 Å². The number of nitrogens with one attached hydrogen (secondary N) is 1. The van der Waals surface area contributed by atoms with Gasteiger partial charge in [-0.2, -0.15) is 0 Å². The van der Waals surface area contributed by atoms with Crippen LogP contribution in [-0.2, 0) is 0 Å². The van der Waals surface area contributed by atoms with Crippen LogP contribution in [0.25, 0.3) is 0 Å². The minimum atomic E-state index is -0.743. The predicted octanol–water partition coefficient (Wildman–Crippen LogP) is 2.30. The van der Waals surface area contributed by atoms with Gasteiger partial charge in [-0.25, -0.2) is 9.97 Å². The first-order valence-corrected chi connectivity index (χ1v) is 7.39. The highest BCUT2D eigenvalue weighted by Gasteiger charge is 2.29. The molecular weight excluding hydrogens is 252 g/mol. The van der Waals surface area contributed by atoms with Crippen molar-refractivity contribution in [3.05, 3.63) is 11.4 Å². The zero-order chi connectivity index (χ0) is 14.9. The zero-order valence-corrected chi connectivity index (χ0v) is 13.2. The first-order chi connectivity index (χ1) is 9.35. The lowest BCUT2D eigenvalue weighted by Crippen LogP contribution is -2.39. The van der Waals surface area contributed by atoms with Crippen LogP contribution in [0.3, 0.4) is 0 Å². The molecule has 20 heavy (non-hydrogen) atoms. The van der Waals surface area contributed by atoms with Crippen LogP contribution < -0.4 is 10.2 Å². The first kappa shape index (κ1) is 15.0. The van der Waals surface area contributed by atoms with E-state index in [2.05, 4.69) is 22.1 Å². The standard InChI is InChI=1S/C15H26N4O/c1-6-19(9-15(3,4)20)14-10(2)12(16-5)17-13(18-14)11-7-8-11/h11,20H,6-9H2,1-5H3,(H,16,17,18). The Hall–Kier alpha value is -1.36. The SMILES string of the molecule is CCN(CC(C)(C)O)c1nc(C2CC2)nc(NC)c1C. The molecule has 0 radical (unpaired) electrons. The van der Waals surface area contributed by atoms with E-state index in [1.165, 1.54) is 12.8 Å². The highest BCUT2D eigenvalue weighted by atomic mass is 16.3. The average Bonchev–Trinajstić information content (AvgIpc) is 3.19. The lowest BCUT2D eigenvalue weighted by Gasteiger charge is -2.30. The highest BCUT2D eigenvalue weighted by Crippen LogP contribution is 2.40. The van der Waals surface area contributed by atoms with Crippen molar-refractivity contribution in [3.63, 3.8) is 0 Å². The van der Waals surface area contributed by atoms with Gasteiger partial charge in [0.1, 0.15) is 17.5 Å². The average molecular weight is 278 g/mol. The molecule has 0 unspecified atom stereocenters. The predicted molar refractivity (Wildman–Crippen MR) is 82.5 cm³/mol. The summed E-state index contributed by atoms with van der Waals surface area (Å²) >= 11 is 0. The maximum absolute atomic E-state index is 10.1. The van der Waals surface area contributed by atoms with Gasteiger partial charge in [0.2, 0.25) is 0 Å². The van der Waals surface area contributed by atoms with Gasteiger partial charge in [-0.15, -0.1) is 0 Å². The molecule has 1 aromatic heterocycles. The minimum absolute atomic E-state index is 0.516. The fourth-order valence-corrected chi connectivity index (χ4v) is 2.40. The second kappa shape index (κ2) is 5.56. The molecule has 0 bridgehead atoms. The molecule has 0 spiro atoms. The first-order valence-electron chi connectivity index (χ1n) is 7.39. The summed E-state index contributed by atoms with van der Waals surface area (Å²) in [7, 11) is 1.89. The van der Waals surface area contributed by atoms with Gasteiger partial charge >= 0.3 is 0 Å². The topological polar surface area (TPSA) is 61.3 Å². The maximum atomic E-state index is 10.1. The largest absolute Gasteiger partial charge is 0.389 e. The molecule has 112 valence electrons. The molecule has 0 saturated heterocycles. The maximum Gasteiger partial charge on any atom is 0.137 e. The molecule has 0 aliphatic heterocycles. The lowest BCUT2D eigenvalue weighted by molar-refractivity contribution is 0.0874. The lowest BCUT2D eigenvalue weighted by atomic mass is 10.1. The van der Waals surface area contributed by atoms with Crippen molar-refractivity contribution in [3.8, 4) is 0 Å². The molecule has 1 aliphatic rings. The van der Waals surface area contributed by atoms with E-state index in [9.17, 15) is 5.11 Å². The van der Waals surface area contributed by atoms with Gasteiger partial charge < -0.3 is 15.3 Å². The van der Waals surface area contributed by atoms with Crippen LogP contribution in [-0.4, -0.2) is 40.8 Å². The number of rotatable bonds is 6. The van der Waals surface area contributed by atoms with Gasteiger partial charge in [0.15, 0.2) is 0 Å². The highest BCUT2D eigenvalue weighted by molar-refractivity contribution is 5.59. The van der Waals surface area contributed by atoms with E-state index >= 15 is 0 Å². The molecule has 1 saturated carbocycles. The van der Waals surface area contributed by atoms with Crippen molar-refractivity contribution in [2.24, 2.45) is 0 Å². The fourth-order valence-electron chi connectivity index (χ4n) is 2.40. The summed E-state index contributed by atoms with van der Waals surface area (Å²) < 4.78 is 0. The van der Waals surface area contributed by atoms with Crippen LogP contribution in [0.4, 0.5) is 11.6 Å². The van der Waals surface area contributed by atoms with Gasteiger partial charge in [0, 0.05) is 31.6 Å². The number of likely N-dealkylation sites (N-methyl/N-ethyl adjacent to an activating group) is 1. The van der Waals surface area contributed by atoms with Gasteiger partial charge in [0.25, 0.3) is 0 Å². The van der Waals surface area contributed by atoms with Crippen molar-refractivity contribution >= 4 is 11.6 Å². The Balaban J connectivity index is 2.39. The van der Waals surface area contributed by atoms with E-state index < -0.39 is 5.60 Å². The quantitative estimate of drug-likeness (QED) is 0.836. The second-order valence-corrected chi connectivity index (χ2v) is 6.23. The number of aromatic nitrogens is 2. The van der Waals surface area contributed by atoms with Crippen LogP contribution in [0.5, 0.6) is 0 Å². The monoisotopic (exact) mass is 278 g/mol. The normalized spacial score (nSPS) is 15.3. The Kier molecular flexibility index (Phi) is 4.18. The summed E-state index contributed by atoms with van der Waals surface area (Å²) in [6, 6.07) is 0. The summed E-state index contributed by atoms with van der Waals surface area (Å²) in [5, 5.41) is 13.2. The van der Waals surface area contributed by atoms with Crippen molar-refractivity contribution in [2.75, 3.05) is 30.4 Å². The van der Waals surface area contributed by atoms with Crippen molar-refractivity contribution in [2.45, 2.75) is 52.1 Å². The summed E-state index contributed by atoms with van der Waals surface area (Å²) in [4.78, 5) is 11.5. The Morgan fingerprint density at radius 3 is 2.45 bits per heavy atom. The molecule has 5 heteroatoms. The Labute approximate surface area is 121 Å². The molecule has 2 N–H and O–H groups in total. The molecule has 0 atom stereocenters. The minimum Gasteiger partial charge on any atom is -0.389 e. The molecule has 1 aliphatic carbocycles. The Bertz CT molecular complexity index is 477. The third kappa shape index (κ3) is 3.39. The van der Waals surface area contributed by atoms with Gasteiger partial charge in [0.05, 0.1) is 5.60 Å². The van der Waals surface area contributed by atoms with E-state index in [0.29, 0.717) is 12.5 Å². The van der Waals surface area contributed by atoms with Gasteiger partial charge in [-0.3, -0.25) is 0 Å². The fraction of sp³-hybridized carbons (Fsp3) is 0.733. The second-order valence-electron chi connectivity index (χ2n) is 6.23. The van der Waals surface area contributed by atoms with E-state index in [4.69, 9.17) is 4.98 Å². The third-order valence-corrected chi connectivity index (χ3v) is 3.58. The number of hydrogen-bond acceptors (Lipinski definition) is 5. The van der Waals surface area contributed by atoms with Crippen LogP contribution in [0, 0.1) is 6.92 Å². The molecule has 1 aromatic rings. The molecule has 0 aromatic carbocycles. The number of nitrogens with zero attached hydrogens (tertiary/aromatic N) is 3. The van der Waals surface area contributed by atoms with Crippen molar-refractivity contribution in [1.29, 1.82) is 0 Å².